The largest absolute Gasteiger partial charge is 0.515 e. The van der Waals surface area contributed by atoms with Crippen molar-refractivity contribution in [2.45, 2.75) is 0 Å². The molecule has 1 aliphatic carbocycles. The molecule has 1 heterocycles. The molecule has 4 nitrogen and oxygen atoms in total. The van der Waals surface area contributed by atoms with E-state index in [9.17, 15) is 9.59 Å². The molecule has 1 aliphatic rings. The molecule has 0 saturated heterocycles. The van der Waals surface area contributed by atoms with Crippen LogP contribution in [-0.2, 0) is 0 Å². The fraction of sp³-hybridized carbons (Fsp3) is 0. The Morgan fingerprint density at radius 2 is 1.92 bits per heavy atom. The van der Waals surface area contributed by atoms with Crippen molar-refractivity contribution < 1.29 is 14.7 Å². The van der Waals surface area contributed by atoms with Gasteiger partial charge in [-0.2, -0.15) is 0 Å². The molecule has 0 spiro atoms. The molecule has 0 fully saturated rings. The number of hydrogen-bond acceptors (Lipinski definition) is 4. The van der Waals surface area contributed by atoms with Crippen molar-refractivity contribution in [1.29, 1.82) is 0 Å². The molecule has 64 valence electrons. The molecule has 0 unspecified atom stereocenters. The van der Waals surface area contributed by atoms with Crippen LogP contribution in [0.25, 0.3) is 0 Å². The molecule has 1 aromatic heterocycles. The lowest BCUT2D eigenvalue weighted by Gasteiger charge is -1.89. The number of pyridine rings is 1. The predicted octanol–water partition coefficient (Wildman–Crippen LogP) is 0.902. The molecule has 1 N–H and O–H groups in total. The first-order valence-electron chi connectivity index (χ1n) is 3.63. The first-order chi connectivity index (χ1) is 6.25. The van der Waals surface area contributed by atoms with Gasteiger partial charge in [-0.05, 0) is 6.07 Å². The summed E-state index contributed by atoms with van der Waals surface area (Å²) in [5.41, 5.74) is 0.371. The number of aromatic nitrogens is 1. The van der Waals surface area contributed by atoms with Gasteiger partial charge in [0.15, 0.2) is 0 Å². The lowest BCUT2D eigenvalue weighted by Crippen LogP contribution is -1.99. The van der Waals surface area contributed by atoms with E-state index >= 15 is 0 Å². The number of allylic oxidation sites excluding steroid dienone is 1. The van der Waals surface area contributed by atoms with Gasteiger partial charge in [0.2, 0.25) is 11.6 Å². The van der Waals surface area contributed by atoms with E-state index in [1.54, 1.807) is 0 Å². The minimum Gasteiger partial charge on any atom is -0.515 e. The topological polar surface area (TPSA) is 67.3 Å². The van der Waals surface area contributed by atoms with E-state index in [-0.39, 0.29) is 11.1 Å². The lowest BCUT2D eigenvalue weighted by molar-refractivity contribution is 0.0984. The van der Waals surface area contributed by atoms with Crippen LogP contribution in [0.3, 0.4) is 0 Å². The summed E-state index contributed by atoms with van der Waals surface area (Å²) in [7, 11) is 0. The highest BCUT2D eigenvalue weighted by molar-refractivity contribution is 6.39. The summed E-state index contributed by atoms with van der Waals surface area (Å²) >= 11 is 0. The van der Waals surface area contributed by atoms with Gasteiger partial charge in [0, 0.05) is 18.0 Å². The number of carbonyl (C=O) groups excluding carboxylic acids is 2. The summed E-state index contributed by atoms with van der Waals surface area (Å²) in [6, 6.07) is 1.46. The lowest BCUT2D eigenvalue weighted by atomic mass is 10.2. The average molecular weight is 175 g/mol. The number of fused-ring (bicyclic) bond motifs is 1. The van der Waals surface area contributed by atoms with E-state index in [4.69, 9.17) is 5.11 Å². The first-order valence-corrected chi connectivity index (χ1v) is 3.63. The van der Waals surface area contributed by atoms with Crippen molar-refractivity contribution in [2.75, 3.05) is 0 Å². The Hall–Kier alpha value is -1.97. The number of aliphatic hydroxyl groups excluding tert-OH is 1. The van der Waals surface area contributed by atoms with Gasteiger partial charge in [0.1, 0.15) is 5.57 Å². The van der Waals surface area contributed by atoms with E-state index in [2.05, 4.69) is 4.98 Å². The molecule has 0 aromatic carbocycles. The SMILES string of the molecule is O=C1/C(=C/O)C(=O)c2cnccc21. The highest BCUT2D eigenvalue weighted by Crippen LogP contribution is 2.24. The van der Waals surface area contributed by atoms with Gasteiger partial charge in [0.25, 0.3) is 0 Å². The maximum Gasteiger partial charge on any atom is 0.202 e. The molecule has 0 aliphatic heterocycles. The number of hydrogen-bond donors (Lipinski definition) is 1. The Labute approximate surface area is 73.5 Å². The minimum atomic E-state index is -0.462. The second kappa shape index (κ2) is 2.52. The van der Waals surface area contributed by atoms with Gasteiger partial charge in [-0.15, -0.1) is 0 Å². The number of rotatable bonds is 0. The summed E-state index contributed by atoms with van der Waals surface area (Å²) in [6.45, 7) is 0. The summed E-state index contributed by atoms with van der Waals surface area (Å²) in [4.78, 5) is 26.4. The van der Waals surface area contributed by atoms with Crippen molar-refractivity contribution in [2.24, 2.45) is 0 Å². The number of Topliss-reactive ketones (excluding diaryl/α,β-unsaturated/α-hetero) is 2. The van der Waals surface area contributed by atoms with Crippen molar-refractivity contribution in [3.8, 4) is 0 Å². The van der Waals surface area contributed by atoms with Crippen LogP contribution in [-0.4, -0.2) is 21.7 Å². The molecule has 4 heteroatoms. The third-order valence-corrected chi connectivity index (χ3v) is 1.93. The third kappa shape index (κ3) is 0.885. The Kier molecular flexibility index (Phi) is 1.48. The second-order valence-electron chi connectivity index (χ2n) is 2.62. The molecule has 13 heavy (non-hydrogen) atoms. The average Bonchev–Trinajstić information content (AvgIpc) is 2.41. The van der Waals surface area contributed by atoms with Gasteiger partial charge >= 0.3 is 0 Å². The fourth-order valence-electron chi connectivity index (χ4n) is 1.28. The summed E-state index contributed by atoms with van der Waals surface area (Å²) in [6.07, 6.45) is 3.31. The van der Waals surface area contributed by atoms with Crippen LogP contribution in [0.15, 0.2) is 30.3 Å². The smallest absolute Gasteiger partial charge is 0.202 e. The zero-order valence-electron chi connectivity index (χ0n) is 6.52. The van der Waals surface area contributed by atoms with Gasteiger partial charge in [-0.3, -0.25) is 14.6 Å². The minimum absolute atomic E-state index is 0.192. The Bertz CT molecular complexity index is 397. The molecule has 1 aromatic rings. The quantitative estimate of drug-likeness (QED) is 0.361. The summed E-state index contributed by atoms with van der Waals surface area (Å²) in [5.74, 6) is -0.902. The van der Waals surface area contributed by atoms with Gasteiger partial charge < -0.3 is 5.11 Å². The third-order valence-electron chi connectivity index (χ3n) is 1.93. The maximum absolute atomic E-state index is 11.4. The Balaban J connectivity index is 2.71. The standard InChI is InChI=1S/C9H5NO3/c11-4-7-8(12)5-1-2-10-3-6(5)9(7)13/h1-4,11H/b7-4-. The molecule has 0 saturated carbocycles. The van der Waals surface area contributed by atoms with Crippen LogP contribution >= 0.6 is 0 Å². The molecule has 2 rings (SSSR count). The maximum atomic E-state index is 11.4. The monoisotopic (exact) mass is 175 g/mol. The van der Waals surface area contributed by atoms with Crippen LogP contribution in [0.2, 0.25) is 0 Å². The zero-order valence-corrected chi connectivity index (χ0v) is 6.52. The number of ketones is 2. The van der Waals surface area contributed by atoms with Crippen LogP contribution in [0.1, 0.15) is 20.7 Å². The van der Waals surface area contributed by atoms with Crippen LogP contribution in [0.5, 0.6) is 0 Å². The first kappa shape index (κ1) is 7.67. The summed E-state index contributed by atoms with van der Waals surface area (Å²) < 4.78 is 0. The van der Waals surface area contributed by atoms with E-state index in [0.717, 1.165) is 0 Å². The molecular formula is C9H5NO3. The van der Waals surface area contributed by atoms with Crippen molar-refractivity contribution in [3.05, 3.63) is 41.4 Å². The van der Waals surface area contributed by atoms with E-state index < -0.39 is 11.6 Å². The van der Waals surface area contributed by atoms with Crippen LogP contribution in [0.4, 0.5) is 0 Å². The predicted molar refractivity (Wildman–Crippen MR) is 43.6 cm³/mol. The highest BCUT2D eigenvalue weighted by atomic mass is 16.2. The zero-order chi connectivity index (χ0) is 9.42. The normalized spacial score (nSPS) is 18.0. The Morgan fingerprint density at radius 1 is 1.23 bits per heavy atom. The molecule has 0 atom stereocenters. The molecule has 0 radical (unpaired) electrons. The number of nitrogens with zero attached hydrogens (tertiary/aromatic N) is 1. The number of aliphatic hydroxyl groups is 1. The van der Waals surface area contributed by atoms with Gasteiger partial charge in [-0.25, -0.2) is 0 Å². The molecule has 0 amide bonds. The van der Waals surface area contributed by atoms with E-state index in [1.807, 2.05) is 0 Å². The molecular weight excluding hydrogens is 170 g/mol. The van der Waals surface area contributed by atoms with Crippen LogP contribution in [0, 0.1) is 0 Å². The van der Waals surface area contributed by atoms with Gasteiger partial charge in [0.05, 0.1) is 11.8 Å². The molecule has 0 bridgehead atoms. The van der Waals surface area contributed by atoms with Crippen molar-refractivity contribution >= 4 is 11.6 Å². The fourth-order valence-corrected chi connectivity index (χ4v) is 1.28. The Morgan fingerprint density at radius 3 is 2.54 bits per heavy atom. The van der Waals surface area contributed by atoms with Gasteiger partial charge in [-0.1, -0.05) is 0 Å². The summed E-state index contributed by atoms with van der Waals surface area (Å²) in [5, 5.41) is 8.65. The van der Waals surface area contributed by atoms with E-state index in [1.165, 1.54) is 18.5 Å². The van der Waals surface area contributed by atoms with Crippen molar-refractivity contribution in [3.63, 3.8) is 0 Å². The number of carbonyl (C=O) groups is 2. The van der Waals surface area contributed by atoms with Crippen LogP contribution < -0.4 is 0 Å². The van der Waals surface area contributed by atoms with Crippen molar-refractivity contribution in [1.82, 2.24) is 4.98 Å². The second-order valence-corrected chi connectivity index (χ2v) is 2.62. The highest BCUT2D eigenvalue weighted by Gasteiger charge is 2.33. The van der Waals surface area contributed by atoms with E-state index in [0.29, 0.717) is 11.8 Å².